The highest BCUT2D eigenvalue weighted by molar-refractivity contribution is 6.31. The lowest BCUT2D eigenvalue weighted by atomic mass is 9.88. The van der Waals surface area contributed by atoms with Crippen LogP contribution in [0.15, 0.2) is 24.4 Å². The number of benzene rings is 1. The van der Waals surface area contributed by atoms with Gasteiger partial charge in [0.25, 0.3) is 5.54 Å². The summed E-state index contributed by atoms with van der Waals surface area (Å²) in [6.45, 7) is 5.50. The first-order valence-corrected chi connectivity index (χ1v) is 8.72. The van der Waals surface area contributed by atoms with E-state index in [9.17, 15) is 22.8 Å². The lowest BCUT2D eigenvalue weighted by molar-refractivity contribution is -0.215. The monoisotopic (exact) mass is 420 g/mol. The molecular formula is C18H20ClF3N2O4. The third kappa shape index (κ3) is 4.19. The topological polar surface area (TPSA) is 80.4 Å². The summed E-state index contributed by atoms with van der Waals surface area (Å²) >= 11 is 5.88. The summed E-state index contributed by atoms with van der Waals surface area (Å²) in [5.41, 5.74) is -4.83. The van der Waals surface area contributed by atoms with Crippen LogP contribution < -0.4 is 5.32 Å². The predicted molar refractivity (Wildman–Crippen MR) is 97.0 cm³/mol. The van der Waals surface area contributed by atoms with Gasteiger partial charge in [-0.2, -0.15) is 13.2 Å². The first-order chi connectivity index (χ1) is 12.8. The summed E-state index contributed by atoms with van der Waals surface area (Å²) in [6.07, 6.45) is -5.66. The first-order valence-electron chi connectivity index (χ1n) is 8.34. The van der Waals surface area contributed by atoms with E-state index in [4.69, 9.17) is 21.1 Å². The van der Waals surface area contributed by atoms with E-state index in [1.807, 2.05) is 0 Å². The van der Waals surface area contributed by atoms with Gasteiger partial charge in [0.1, 0.15) is 5.60 Å². The third-order valence-corrected chi connectivity index (χ3v) is 3.98. The highest BCUT2D eigenvalue weighted by Gasteiger charge is 2.65. The number of ether oxygens (including phenoxy) is 2. The number of carbonyl (C=O) groups is 2. The molecule has 1 amide bonds. The molecule has 2 aromatic rings. The Balaban J connectivity index is 2.71. The Morgan fingerprint density at radius 1 is 1.21 bits per heavy atom. The molecule has 154 valence electrons. The molecule has 0 spiro atoms. The van der Waals surface area contributed by atoms with E-state index in [2.05, 4.69) is 4.98 Å². The molecule has 0 saturated heterocycles. The van der Waals surface area contributed by atoms with Crippen LogP contribution in [0, 0.1) is 0 Å². The Kier molecular flexibility index (Phi) is 5.89. The Labute approximate surface area is 164 Å². The van der Waals surface area contributed by atoms with Gasteiger partial charge in [-0.05, 0) is 39.8 Å². The number of carbonyl (C=O) groups excluding carboxylic acids is 2. The van der Waals surface area contributed by atoms with Gasteiger partial charge in [-0.1, -0.05) is 17.7 Å². The molecule has 0 aliphatic rings. The van der Waals surface area contributed by atoms with E-state index in [0.29, 0.717) is 0 Å². The number of aromatic amines is 1. The van der Waals surface area contributed by atoms with Crippen LogP contribution in [0.4, 0.5) is 18.0 Å². The molecule has 0 unspecified atom stereocenters. The molecule has 0 aliphatic heterocycles. The highest BCUT2D eigenvalue weighted by Crippen LogP contribution is 2.43. The Morgan fingerprint density at radius 2 is 1.86 bits per heavy atom. The summed E-state index contributed by atoms with van der Waals surface area (Å²) in [7, 11) is 0. The molecule has 6 nitrogen and oxygen atoms in total. The number of hydrogen-bond donors (Lipinski definition) is 2. The van der Waals surface area contributed by atoms with Crippen LogP contribution in [0.5, 0.6) is 0 Å². The second-order valence-electron chi connectivity index (χ2n) is 6.99. The molecule has 1 atom stereocenters. The summed E-state index contributed by atoms with van der Waals surface area (Å²) in [5, 5.41) is 2.04. The maximum Gasteiger partial charge on any atom is 0.427 e. The quantitative estimate of drug-likeness (QED) is 0.704. The van der Waals surface area contributed by atoms with Crippen LogP contribution in [0.25, 0.3) is 10.9 Å². The summed E-state index contributed by atoms with van der Waals surface area (Å²) in [6, 6.07) is 4.10. The molecule has 10 heteroatoms. The normalized spacial score (nSPS) is 14.4. The van der Waals surface area contributed by atoms with Crippen LogP contribution in [0.1, 0.15) is 33.3 Å². The second-order valence-corrected chi connectivity index (χ2v) is 7.42. The van der Waals surface area contributed by atoms with Crippen molar-refractivity contribution >= 4 is 34.6 Å². The number of amides is 1. The van der Waals surface area contributed by atoms with Crippen molar-refractivity contribution in [2.75, 3.05) is 6.61 Å². The van der Waals surface area contributed by atoms with Gasteiger partial charge in [-0.25, -0.2) is 9.59 Å². The highest BCUT2D eigenvalue weighted by atomic mass is 35.5. The predicted octanol–water partition coefficient (Wildman–Crippen LogP) is 4.67. The minimum Gasteiger partial charge on any atom is -0.464 e. The number of halogens is 4. The standard InChI is InChI=1S/C18H20ClF3N2O4/c1-5-27-14(25)17(18(20,21)22,24-15(26)28-16(2,3)4)12-9-23-13-8-10(19)6-7-11(12)13/h6-9,23H,5H2,1-4H3,(H,24,26)/t17-/m1/s1. The van der Waals surface area contributed by atoms with Crippen molar-refractivity contribution in [2.45, 2.75) is 45.0 Å². The number of hydrogen-bond acceptors (Lipinski definition) is 4. The van der Waals surface area contributed by atoms with E-state index in [0.717, 1.165) is 6.20 Å². The fraction of sp³-hybridized carbons (Fsp3) is 0.444. The van der Waals surface area contributed by atoms with Gasteiger partial charge in [0, 0.05) is 27.7 Å². The van der Waals surface area contributed by atoms with E-state index < -0.39 is 34.9 Å². The van der Waals surface area contributed by atoms with Crippen molar-refractivity contribution < 1.29 is 32.2 Å². The van der Waals surface area contributed by atoms with Crippen molar-refractivity contribution in [3.05, 3.63) is 35.0 Å². The average molecular weight is 421 g/mol. The number of alkyl halides is 3. The second kappa shape index (κ2) is 7.54. The van der Waals surface area contributed by atoms with Crippen LogP contribution in [-0.4, -0.2) is 35.4 Å². The van der Waals surface area contributed by atoms with E-state index in [1.165, 1.54) is 45.9 Å². The maximum absolute atomic E-state index is 14.3. The molecule has 0 aliphatic carbocycles. The summed E-state index contributed by atoms with van der Waals surface area (Å²) < 4.78 is 52.6. The van der Waals surface area contributed by atoms with Gasteiger partial charge in [-0.15, -0.1) is 0 Å². The van der Waals surface area contributed by atoms with Crippen LogP contribution >= 0.6 is 11.6 Å². The molecule has 0 saturated carbocycles. The number of fused-ring (bicyclic) bond motifs is 1. The summed E-state index contributed by atoms with van der Waals surface area (Å²) in [4.78, 5) is 27.5. The smallest absolute Gasteiger partial charge is 0.427 e. The van der Waals surface area contributed by atoms with Crippen LogP contribution in [0.3, 0.4) is 0 Å². The maximum atomic E-state index is 14.3. The fourth-order valence-corrected chi connectivity index (χ4v) is 2.84. The average Bonchev–Trinajstić information content (AvgIpc) is 2.92. The van der Waals surface area contributed by atoms with Crippen molar-refractivity contribution in [3.63, 3.8) is 0 Å². The Bertz CT molecular complexity index is 889. The van der Waals surface area contributed by atoms with Crippen LogP contribution in [0.2, 0.25) is 5.02 Å². The number of rotatable bonds is 4. The molecular weight excluding hydrogens is 401 g/mol. The number of aromatic nitrogens is 1. The first kappa shape index (κ1) is 21.9. The van der Waals surface area contributed by atoms with Crippen molar-refractivity contribution in [1.29, 1.82) is 0 Å². The molecule has 2 rings (SSSR count). The van der Waals surface area contributed by atoms with Gasteiger partial charge in [0.2, 0.25) is 0 Å². The zero-order chi connectivity index (χ0) is 21.3. The van der Waals surface area contributed by atoms with Gasteiger partial charge in [0.15, 0.2) is 0 Å². The molecule has 1 aromatic carbocycles. The van der Waals surface area contributed by atoms with Crippen molar-refractivity contribution in [1.82, 2.24) is 10.3 Å². The fourth-order valence-electron chi connectivity index (χ4n) is 2.67. The van der Waals surface area contributed by atoms with E-state index in [1.54, 1.807) is 5.32 Å². The van der Waals surface area contributed by atoms with E-state index >= 15 is 0 Å². The van der Waals surface area contributed by atoms with Gasteiger partial charge in [0.05, 0.1) is 6.61 Å². The lowest BCUT2D eigenvalue weighted by Gasteiger charge is -2.34. The molecule has 2 N–H and O–H groups in total. The minimum atomic E-state index is -5.23. The SMILES string of the molecule is CCOC(=O)[C@](NC(=O)OC(C)(C)C)(c1c[nH]c2cc(Cl)ccc12)C(F)(F)F. The Hall–Kier alpha value is -2.42. The Morgan fingerprint density at radius 3 is 2.39 bits per heavy atom. The molecule has 1 aromatic heterocycles. The van der Waals surface area contributed by atoms with Crippen LogP contribution in [-0.2, 0) is 19.8 Å². The van der Waals surface area contributed by atoms with Gasteiger partial charge in [-0.3, -0.25) is 5.32 Å². The molecule has 0 fully saturated rings. The summed E-state index contributed by atoms with van der Waals surface area (Å²) in [5.74, 6) is -1.68. The molecule has 28 heavy (non-hydrogen) atoms. The number of alkyl carbamates (subject to hydrolysis) is 1. The molecule has 0 bridgehead atoms. The van der Waals surface area contributed by atoms with Gasteiger partial charge >= 0.3 is 18.2 Å². The number of nitrogens with one attached hydrogen (secondary N) is 2. The third-order valence-electron chi connectivity index (χ3n) is 3.74. The lowest BCUT2D eigenvalue weighted by Crippen LogP contribution is -2.62. The molecule has 0 radical (unpaired) electrons. The van der Waals surface area contributed by atoms with Crippen molar-refractivity contribution in [3.8, 4) is 0 Å². The van der Waals surface area contributed by atoms with Gasteiger partial charge < -0.3 is 14.5 Å². The zero-order valence-corrected chi connectivity index (χ0v) is 16.4. The number of esters is 1. The largest absolute Gasteiger partial charge is 0.464 e. The zero-order valence-electron chi connectivity index (χ0n) is 15.7. The van der Waals surface area contributed by atoms with E-state index in [-0.39, 0.29) is 22.5 Å². The minimum absolute atomic E-state index is 0.0471. The molecule has 1 heterocycles. The number of H-pyrrole nitrogens is 1. The van der Waals surface area contributed by atoms with Crippen molar-refractivity contribution in [2.24, 2.45) is 0 Å².